The zero-order valence-electron chi connectivity index (χ0n) is 13.0. The van der Waals surface area contributed by atoms with E-state index in [1.807, 2.05) is 0 Å². The SMILES string of the molecule is CCc1cc(CC)n(Cc2nn(CC)c3ccccc23)n1. The molecule has 0 unspecified atom stereocenters. The van der Waals surface area contributed by atoms with Gasteiger partial charge in [0.25, 0.3) is 0 Å². The van der Waals surface area contributed by atoms with Crippen molar-refractivity contribution in [2.75, 3.05) is 0 Å². The Morgan fingerprint density at radius 3 is 2.48 bits per heavy atom. The van der Waals surface area contributed by atoms with Crippen molar-refractivity contribution in [3.63, 3.8) is 0 Å². The van der Waals surface area contributed by atoms with Gasteiger partial charge in [0.2, 0.25) is 0 Å². The molecule has 2 aromatic heterocycles. The molecule has 110 valence electrons. The van der Waals surface area contributed by atoms with E-state index in [9.17, 15) is 0 Å². The summed E-state index contributed by atoms with van der Waals surface area (Å²) in [6.07, 6.45) is 1.98. The highest BCUT2D eigenvalue weighted by atomic mass is 15.3. The summed E-state index contributed by atoms with van der Waals surface area (Å²) in [6, 6.07) is 10.6. The summed E-state index contributed by atoms with van der Waals surface area (Å²) in [5, 5.41) is 10.7. The van der Waals surface area contributed by atoms with E-state index in [4.69, 9.17) is 10.2 Å². The summed E-state index contributed by atoms with van der Waals surface area (Å²) in [4.78, 5) is 0. The third-order valence-corrected chi connectivity index (χ3v) is 3.97. The number of fused-ring (bicyclic) bond motifs is 1. The van der Waals surface area contributed by atoms with Crippen LogP contribution < -0.4 is 0 Å². The Balaban J connectivity index is 2.04. The minimum atomic E-state index is 0.747. The molecule has 0 aliphatic rings. The number of aryl methyl sites for hydroxylation is 3. The van der Waals surface area contributed by atoms with Crippen LogP contribution in [0.2, 0.25) is 0 Å². The number of hydrogen-bond donors (Lipinski definition) is 0. The molecule has 2 heterocycles. The summed E-state index contributed by atoms with van der Waals surface area (Å²) >= 11 is 0. The van der Waals surface area contributed by atoms with Crippen LogP contribution in [-0.4, -0.2) is 19.6 Å². The second kappa shape index (κ2) is 5.72. The zero-order chi connectivity index (χ0) is 14.8. The number of hydrogen-bond acceptors (Lipinski definition) is 2. The van der Waals surface area contributed by atoms with Gasteiger partial charge in [-0.1, -0.05) is 32.0 Å². The van der Waals surface area contributed by atoms with Crippen LogP contribution in [-0.2, 0) is 25.9 Å². The Morgan fingerprint density at radius 2 is 1.76 bits per heavy atom. The first kappa shape index (κ1) is 13.9. The topological polar surface area (TPSA) is 35.6 Å². The fourth-order valence-electron chi connectivity index (χ4n) is 2.81. The van der Waals surface area contributed by atoms with Gasteiger partial charge in [-0.15, -0.1) is 0 Å². The van der Waals surface area contributed by atoms with Crippen molar-refractivity contribution in [3.8, 4) is 0 Å². The average molecular weight is 282 g/mol. The normalized spacial score (nSPS) is 11.4. The van der Waals surface area contributed by atoms with Gasteiger partial charge in [0.1, 0.15) is 0 Å². The van der Waals surface area contributed by atoms with Crippen molar-refractivity contribution in [2.24, 2.45) is 0 Å². The van der Waals surface area contributed by atoms with E-state index < -0.39 is 0 Å². The molecule has 4 nitrogen and oxygen atoms in total. The number of para-hydroxylation sites is 1. The van der Waals surface area contributed by atoms with E-state index in [0.717, 1.165) is 37.3 Å². The lowest BCUT2D eigenvalue weighted by molar-refractivity contribution is 0.605. The zero-order valence-corrected chi connectivity index (χ0v) is 13.0. The maximum absolute atomic E-state index is 4.77. The van der Waals surface area contributed by atoms with Crippen molar-refractivity contribution < 1.29 is 0 Å². The van der Waals surface area contributed by atoms with Gasteiger partial charge in [0.05, 0.1) is 23.4 Å². The minimum Gasteiger partial charge on any atom is -0.265 e. The molecular formula is C17H22N4. The molecule has 21 heavy (non-hydrogen) atoms. The van der Waals surface area contributed by atoms with Gasteiger partial charge in [0, 0.05) is 17.6 Å². The quantitative estimate of drug-likeness (QED) is 0.718. The number of aromatic nitrogens is 4. The molecule has 3 aromatic rings. The Hall–Kier alpha value is -2.10. The largest absolute Gasteiger partial charge is 0.265 e. The Labute approximate surface area is 125 Å². The van der Waals surface area contributed by atoms with Crippen LogP contribution in [0.4, 0.5) is 0 Å². The molecule has 0 radical (unpaired) electrons. The molecule has 0 aliphatic carbocycles. The molecular weight excluding hydrogens is 260 g/mol. The fourth-order valence-corrected chi connectivity index (χ4v) is 2.81. The van der Waals surface area contributed by atoms with Gasteiger partial charge in [-0.25, -0.2) is 0 Å². The van der Waals surface area contributed by atoms with Crippen LogP contribution in [0.5, 0.6) is 0 Å². The maximum Gasteiger partial charge on any atom is 0.0918 e. The average Bonchev–Trinajstić information content (AvgIpc) is 3.09. The highest BCUT2D eigenvalue weighted by Gasteiger charge is 2.12. The minimum absolute atomic E-state index is 0.747. The first-order valence-corrected chi connectivity index (χ1v) is 7.76. The smallest absolute Gasteiger partial charge is 0.0918 e. The molecule has 0 atom stereocenters. The van der Waals surface area contributed by atoms with Gasteiger partial charge >= 0.3 is 0 Å². The van der Waals surface area contributed by atoms with Crippen molar-refractivity contribution in [2.45, 2.75) is 46.7 Å². The second-order valence-corrected chi connectivity index (χ2v) is 5.27. The van der Waals surface area contributed by atoms with E-state index in [1.54, 1.807) is 0 Å². The summed E-state index contributed by atoms with van der Waals surface area (Å²) in [7, 11) is 0. The monoisotopic (exact) mass is 282 g/mol. The Kier molecular flexibility index (Phi) is 3.78. The molecule has 0 amide bonds. The summed E-state index contributed by atoms with van der Waals surface area (Å²) in [5.41, 5.74) is 4.75. The van der Waals surface area contributed by atoms with Crippen molar-refractivity contribution in [1.29, 1.82) is 0 Å². The van der Waals surface area contributed by atoms with Gasteiger partial charge < -0.3 is 0 Å². The van der Waals surface area contributed by atoms with E-state index in [1.165, 1.54) is 16.6 Å². The molecule has 4 heteroatoms. The molecule has 3 rings (SSSR count). The van der Waals surface area contributed by atoms with Crippen LogP contribution in [0.3, 0.4) is 0 Å². The summed E-state index contributed by atoms with van der Waals surface area (Å²) < 4.78 is 4.17. The maximum atomic E-state index is 4.77. The predicted octanol–water partition coefficient (Wildman–Crippen LogP) is 3.43. The third-order valence-electron chi connectivity index (χ3n) is 3.97. The van der Waals surface area contributed by atoms with Gasteiger partial charge in [-0.2, -0.15) is 10.2 Å². The number of nitrogens with zero attached hydrogens (tertiary/aromatic N) is 4. The highest BCUT2D eigenvalue weighted by molar-refractivity contribution is 5.81. The van der Waals surface area contributed by atoms with E-state index in [0.29, 0.717) is 0 Å². The van der Waals surface area contributed by atoms with E-state index in [-0.39, 0.29) is 0 Å². The van der Waals surface area contributed by atoms with Crippen LogP contribution in [0.25, 0.3) is 10.9 Å². The van der Waals surface area contributed by atoms with Crippen molar-refractivity contribution in [3.05, 3.63) is 47.4 Å². The van der Waals surface area contributed by atoms with Crippen molar-refractivity contribution in [1.82, 2.24) is 19.6 Å². The lowest BCUT2D eigenvalue weighted by Gasteiger charge is -2.03. The fraction of sp³-hybridized carbons (Fsp3) is 0.412. The Bertz CT molecular complexity index is 751. The highest BCUT2D eigenvalue weighted by Crippen LogP contribution is 2.20. The lowest BCUT2D eigenvalue weighted by Crippen LogP contribution is -2.07. The number of rotatable bonds is 5. The predicted molar refractivity (Wildman–Crippen MR) is 85.5 cm³/mol. The summed E-state index contributed by atoms with van der Waals surface area (Å²) in [5.74, 6) is 0. The first-order chi connectivity index (χ1) is 10.3. The van der Waals surface area contributed by atoms with Crippen LogP contribution in [0, 0.1) is 0 Å². The van der Waals surface area contributed by atoms with Gasteiger partial charge in [-0.05, 0) is 31.9 Å². The molecule has 0 bridgehead atoms. The Morgan fingerprint density at radius 1 is 0.952 bits per heavy atom. The van der Waals surface area contributed by atoms with Crippen LogP contribution in [0.1, 0.15) is 37.9 Å². The molecule has 0 fully saturated rings. The summed E-state index contributed by atoms with van der Waals surface area (Å²) in [6.45, 7) is 8.09. The first-order valence-electron chi connectivity index (χ1n) is 7.76. The molecule has 0 saturated carbocycles. The molecule has 0 aliphatic heterocycles. The standard InChI is InChI=1S/C17H22N4/c1-4-13-11-14(5-2)21(18-13)12-16-15-9-7-8-10-17(15)20(6-3)19-16/h7-11H,4-6,12H2,1-3H3. The van der Waals surface area contributed by atoms with E-state index >= 15 is 0 Å². The van der Waals surface area contributed by atoms with Crippen LogP contribution in [0.15, 0.2) is 30.3 Å². The molecule has 0 N–H and O–H groups in total. The third kappa shape index (κ3) is 2.46. The molecule has 1 aromatic carbocycles. The molecule has 0 spiro atoms. The lowest BCUT2D eigenvalue weighted by atomic mass is 10.2. The molecule has 0 saturated heterocycles. The second-order valence-electron chi connectivity index (χ2n) is 5.27. The van der Waals surface area contributed by atoms with Crippen LogP contribution >= 0.6 is 0 Å². The van der Waals surface area contributed by atoms with E-state index in [2.05, 4.69) is 60.5 Å². The van der Waals surface area contributed by atoms with Crippen molar-refractivity contribution >= 4 is 10.9 Å². The van der Waals surface area contributed by atoms with Gasteiger partial charge in [0.15, 0.2) is 0 Å². The van der Waals surface area contributed by atoms with Gasteiger partial charge in [-0.3, -0.25) is 9.36 Å². The number of benzene rings is 1.